The van der Waals surface area contributed by atoms with Crippen LogP contribution in [0.25, 0.3) is 0 Å². The maximum Gasteiger partial charge on any atom is 0.0595 e. The summed E-state index contributed by atoms with van der Waals surface area (Å²) in [4.78, 5) is 0.406. The van der Waals surface area contributed by atoms with Gasteiger partial charge in [-0.1, -0.05) is 61.1 Å². The summed E-state index contributed by atoms with van der Waals surface area (Å²) in [7, 11) is 0. The smallest absolute Gasteiger partial charge is 0.0595 e. The summed E-state index contributed by atoms with van der Waals surface area (Å²) in [6, 6.07) is 5.76. The van der Waals surface area contributed by atoms with Crippen molar-refractivity contribution in [3.8, 4) is 0 Å². The molecule has 1 atom stereocenters. The molecule has 0 aliphatic rings. The Bertz CT molecular complexity index is 334. The second-order valence-electron chi connectivity index (χ2n) is 3.44. The van der Waals surface area contributed by atoms with Gasteiger partial charge in [-0.15, -0.1) is 0 Å². The Morgan fingerprint density at radius 3 is 2.62 bits per heavy atom. The van der Waals surface area contributed by atoms with Crippen LogP contribution in [-0.2, 0) is 6.42 Å². The van der Waals surface area contributed by atoms with Crippen molar-refractivity contribution in [2.45, 2.75) is 11.2 Å². The van der Waals surface area contributed by atoms with Crippen molar-refractivity contribution < 1.29 is 0 Å². The van der Waals surface area contributed by atoms with Crippen molar-refractivity contribution in [2.75, 3.05) is 18.4 Å². The molecule has 0 spiro atoms. The Balaban J connectivity index is 2.43. The molecule has 1 aromatic rings. The molecule has 16 heavy (non-hydrogen) atoms. The van der Waals surface area contributed by atoms with Gasteiger partial charge in [-0.3, -0.25) is 0 Å². The average molecular weight is 390 g/mol. The molecule has 0 bridgehead atoms. The highest BCUT2D eigenvalue weighted by Gasteiger charge is 2.06. The predicted octanol–water partition coefficient (Wildman–Crippen LogP) is 4.28. The van der Waals surface area contributed by atoms with E-state index >= 15 is 0 Å². The lowest BCUT2D eigenvalue weighted by atomic mass is 10.1. The molecule has 0 radical (unpaired) electrons. The van der Waals surface area contributed by atoms with Gasteiger partial charge in [0.2, 0.25) is 0 Å². The van der Waals surface area contributed by atoms with Crippen LogP contribution in [0.5, 0.6) is 0 Å². The fourth-order valence-corrected chi connectivity index (χ4v) is 2.52. The first-order chi connectivity index (χ1) is 7.63. The van der Waals surface area contributed by atoms with E-state index in [4.69, 9.17) is 23.2 Å². The van der Waals surface area contributed by atoms with E-state index < -0.39 is 0 Å². The van der Waals surface area contributed by atoms with Crippen LogP contribution in [-0.4, -0.2) is 23.2 Å². The fourth-order valence-electron chi connectivity index (χ4n) is 1.32. The van der Waals surface area contributed by atoms with Gasteiger partial charge in [-0.25, -0.2) is 0 Å². The van der Waals surface area contributed by atoms with Crippen LogP contribution in [0.1, 0.15) is 5.56 Å². The first kappa shape index (κ1) is 14.8. The second-order valence-corrected chi connectivity index (χ2v) is 6.35. The van der Waals surface area contributed by atoms with E-state index in [1.165, 1.54) is 5.56 Å². The minimum Gasteiger partial charge on any atom is -0.315 e. The summed E-state index contributed by atoms with van der Waals surface area (Å²) >= 11 is 18.8. The lowest BCUT2D eigenvalue weighted by molar-refractivity contribution is 0.696. The van der Waals surface area contributed by atoms with Gasteiger partial charge >= 0.3 is 0 Å². The van der Waals surface area contributed by atoms with Crippen molar-refractivity contribution >= 4 is 55.1 Å². The fraction of sp³-hybridized carbons (Fsp3) is 0.455. The molecule has 0 amide bonds. The lowest BCUT2D eigenvalue weighted by Gasteiger charge is -2.11. The quantitative estimate of drug-likeness (QED) is 0.565. The molecule has 90 valence electrons. The van der Waals surface area contributed by atoms with E-state index in [0.29, 0.717) is 14.9 Å². The molecular weight excluding hydrogens is 377 g/mol. The number of nitrogens with one attached hydrogen (secondary N) is 1. The number of hydrogen-bond acceptors (Lipinski definition) is 1. The summed E-state index contributed by atoms with van der Waals surface area (Å²) in [5.74, 6) is 0. The predicted molar refractivity (Wildman–Crippen MR) is 79.5 cm³/mol. The van der Waals surface area contributed by atoms with Crippen molar-refractivity contribution in [2.24, 2.45) is 0 Å². The molecule has 1 aromatic carbocycles. The van der Waals surface area contributed by atoms with Crippen LogP contribution in [0, 0.1) is 0 Å². The molecule has 1 N–H and O–H groups in total. The molecule has 5 heteroatoms. The second kappa shape index (κ2) is 7.93. The highest BCUT2D eigenvalue weighted by atomic mass is 79.9. The SMILES string of the molecule is Clc1ccc(CC(Br)CNCCBr)cc1Cl. The zero-order valence-electron chi connectivity index (χ0n) is 8.65. The summed E-state index contributed by atoms with van der Waals surface area (Å²) in [6.07, 6.45) is 0.937. The number of halogens is 4. The van der Waals surface area contributed by atoms with Crippen molar-refractivity contribution in [1.82, 2.24) is 5.32 Å². The lowest BCUT2D eigenvalue weighted by Crippen LogP contribution is -2.25. The van der Waals surface area contributed by atoms with E-state index in [-0.39, 0.29) is 0 Å². The van der Waals surface area contributed by atoms with Gasteiger partial charge in [0.15, 0.2) is 0 Å². The normalized spacial score (nSPS) is 12.8. The molecular formula is C11H13Br2Cl2N. The summed E-state index contributed by atoms with van der Waals surface area (Å²) < 4.78 is 0. The number of hydrogen-bond donors (Lipinski definition) is 1. The topological polar surface area (TPSA) is 12.0 Å². The first-order valence-electron chi connectivity index (χ1n) is 4.98. The van der Waals surface area contributed by atoms with Crippen LogP contribution in [0.15, 0.2) is 18.2 Å². The van der Waals surface area contributed by atoms with Gasteiger partial charge in [-0.2, -0.15) is 0 Å². The van der Waals surface area contributed by atoms with Crippen molar-refractivity contribution in [3.05, 3.63) is 33.8 Å². The van der Waals surface area contributed by atoms with Gasteiger partial charge in [-0.05, 0) is 24.1 Å². The third-order valence-corrected chi connectivity index (χ3v) is 3.86. The van der Waals surface area contributed by atoms with Crippen LogP contribution in [0.3, 0.4) is 0 Å². The monoisotopic (exact) mass is 387 g/mol. The zero-order valence-corrected chi connectivity index (χ0v) is 13.3. The molecule has 0 aliphatic carbocycles. The van der Waals surface area contributed by atoms with E-state index in [1.807, 2.05) is 18.2 Å². The van der Waals surface area contributed by atoms with Crippen LogP contribution in [0.4, 0.5) is 0 Å². The first-order valence-corrected chi connectivity index (χ1v) is 7.77. The van der Waals surface area contributed by atoms with Crippen molar-refractivity contribution in [3.63, 3.8) is 0 Å². The number of alkyl halides is 2. The van der Waals surface area contributed by atoms with Gasteiger partial charge in [0.25, 0.3) is 0 Å². The molecule has 0 fully saturated rings. The Hall–Kier alpha value is 0.720. The molecule has 1 unspecified atom stereocenters. The van der Waals surface area contributed by atoms with E-state index in [0.717, 1.165) is 24.8 Å². The minimum absolute atomic E-state index is 0.406. The van der Waals surface area contributed by atoms with Crippen LogP contribution < -0.4 is 5.32 Å². The molecule has 1 nitrogen and oxygen atoms in total. The average Bonchev–Trinajstić information content (AvgIpc) is 2.24. The Kier molecular flexibility index (Phi) is 7.33. The third-order valence-electron chi connectivity index (χ3n) is 2.08. The standard InChI is InChI=1S/C11H13Br2Cl2N/c12-3-4-16-7-9(13)5-8-1-2-10(14)11(15)6-8/h1-2,6,9,16H,3-5,7H2. The van der Waals surface area contributed by atoms with Crippen LogP contribution in [0.2, 0.25) is 10.0 Å². The summed E-state index contributed by atoms with van der Waals surface area (Å²) in [6.45, 7) is 1.91. The Morgan fingerprint density at radius 1 is 1.25 bits per heavy atom. The molecule has 0 saturated carbocycles. The Morgan fingerprint density at radius 2 is 2.00 bits per heavy atom. The van der Waals surface area contributed by atoms with Gasteiger partial charge in [0, 0.05) is 23.2 Å². The minimum atomic E-state index is 0.406. The molecule has 0 aliphatic heterocycles. The Labute approximate surface area is 123 Å². The summed E-state index contributed by atoms with van der Waals surface area (Å²) in [5, 5.41) is 5.52. The number of benzene rings is 1. The van der Waals surface area contributed by atoms with Gasteiger partial charge in [0.1, 0.15) is 0 Å². The molecule has 0 aromatic heterocycles. The van der Waals surface area contributed by atoms with Crippen molar-refractivity contribution in [1.29, 1.82) is 0 Å². The number of rotatable bonds is 6. The van der Waals surface area contributed by atoms with E-state index in [2.05, 4.69) is 37.2 Å². The van der Waals surface area contributed by atoms with E-state index in [1.54, 1.807) is 0 Å². The maximum absolute atomic E-state index is 5.96. The molecule has 0 saturated heterocycles. The van der Waals surface area contributed by atoms with Gasteiger partial charge < -0.3 is 5.32 Å². The van der Waals surface area contributed by atoms with E-state index in [9.17, 15) is 0 Å². The zero-order chi connectivity index (χ0) is 12.0. The molecule has 1 rings (SSSR count). The maximum atomic E-state index is 5.96. The van der Waals surface area contributed by atoms with Gasteiger partial charge in [0.05, 0.1) is 10.0 Å². The highest BCUT2D eigenvalue weighted by molar-refractivity contribution is 9.09. The largest absolute Gasteiger partial charge is 0.315 e. The third kappa shape index (κ3) is 5.37. The summed E-state index contributed by atoms with van der Waals surface area (Å²) in [5.41, 5.74) is 1.19. The van der Waals surface area contributed by atoms with Crippen LogP contribution >= 0.6 is 55.1 Å². The molecule has 0 heterocycles. The highest BCUT2D eigenvalue weighted by Crippen LogP contribution is 2.23.